The second kappa shape index (κ2) is 8.50. The molecule has 2 saturated heterocycles. The summed E-state index contributed by atoms with van der Waals surface area (Å²) in [7, 11) is 0. The Balaban J connectivity index is 1.34. The number of carbonyl (C=O) groups is 1. The first kappa shape index (κ1) is 22.0. The highest BCUT2D eigenvalue weighted by atomic mass is 32.2. The lowest BCUT2D eigenvalue weighted by Gasteiger charge is -2.38. The Hall–Kier alpha value is -2.83. The molecule has 0 radical (unpaired) electrons. The molecule has 0 saturated carbocycles. The summed E-state index contributed by atoms with van der Waals surface area (Å²) in [6.45, 7) is 0.719. The van der Waals surface area contributed by atoms with Gasteiger partial charge in [0.1, 0.15) is 18.1 Å². The SMILES string of the molecule is NC1=N[C@@]2(c3cc(NC(=O)c4cnc(OCC5CCO5)cn4)ccc3F)COC[C@@]2(F)CS1. The molecule has 1 aromatic carbocycles. The fourth-order valence-electron chi connectivity index (χ4n) is 3.91. The third-order valence-corrected chi connectivity index (χ3v) is 6.86. The van der Waals surface area contributed by atoms with Gasteiger partial charge in [-0.05, 0) is 18.2 Å². The molecule has 3 aliphatic rings. The summed E-state index contributed by atoms with van der Waals surface area (Å²) in [6.07, 6.45) is 3.60. The van der Waals surface area contributed by atoms with Crippen LogP contribution in [-0.4, -0.2) is 65.0 Å². The van der Waals surface area contributed by atoms with E-state index in [0.29, 0.717) is 6.61 Å². The van der Waals surface area contributed by atoms with Crippen LogP contribution >= 0.6 is 11.8 Å². The van der Waals surface area contributed by atoms with E-state index in [2.05, 4.69) is 20.3 Å². The number of rotatable bonds is 6. The summed E-state index contributed by atoms with van der Waals surface area (Å²) >= 11 is 1.06. The standard InChI is InChI=1S/C21H21F2N5O4S/c22-15-2-1-12(5-14(15)21-10-30-9-20(21,23)11-33-19(24)28-21)27-18(29)16-6-26-17(7-25-16)32-8-13-3-4-31-13/h1-2,5-7,13H,3-4,8-11H2,(H2,24,28)(H,27,29)/t13?,20-,21-/m1/s1. The topological polar surface area (TPSA) is 121 Å². The van der Waals surface area contributed by atoms with Gasteiger partial charge in [0.15, 0.2) is 16.4 Å². The van der Waals surface area contributed by atoms with E-state index < -0.39 is 22.9 Å². The number of carbonyl (C=O) groups excluding carboxylic acids is 1. The number of ether oxygens (including phenoxy) is 3. The molecule has 3 aliphatic heterocycles. The minimum atomic E-state index is -1.92. The average Bonchev–Trinajstić information content (AvgIpc) is 3.11. The molecular weight excluding hydrogens is 456 g/mol. The van der Waals surface area contributed by atoms with Crippen molar-refractivity contribution in [3.8, 4) is 5.88 Å². The monoisotopic (exact) mass is 477 g/mol. The average molecular weight is 477 g/mol. The number of aliphatic imine (C=N–C) groups is 1. The summed E-state index contributed by atoms with van der Waals surface area (Å²) in [5.41, 5.74) is 2.56. The number of amidine groups is 1. The van der Waals surface area contributed by atoms with E-state index in [0.717, 1.165) is 30.9 Å². The zero-order valence-electron chi connectivity index (χ0n) is 17.4. The van der Waals surface area contributed by atoms with Crippen molar-refractivity contribution in [1.82, 2.24) is 9.97 Å². The van der Waals surface area contributed by atoms with Gasteiger partial charge in [0.05, 0.1) is 31.7 Å². The largest absolute Gasteiger partial charge is 0.474 e. The van der Waals surface area contributed by atoms with Crippen molar-refractivity contribution in [3.05, 3.63) is 47.7 Å². The lowest BCUT2D eigenvalue weighted by Crippen LogP contribution is -2.52. The van der Waals surface area contributed by atoms with E-state index in [1.165, 1.54) is 24.5 Å². The quantitative estimate of drug-likeness (QED) is 0.648. The minimum absolute atomic E-state index is 0.00472. The van der Waals surface area contributed by atoms with Gasteiger partial charge in [0.25, 0.3) is 5.91 Å². The number of nitrogens with two attached hydrogens (primary N) is 1. The van der Waals surface area contributed by atoms with Crippen LogP contribution in [-0.2, 0) is 15.0 Å². The van der Waals surface area contributed by atoms with E-state index in [1.54, 1.807) is 0 Å². The summed E-state index contributed by atoms with van der Waals surface area (Å²) < 4.78 is 46.6. The first-order valence-electron chi connectivity index (χ1n) is 10.3. The van der Waals surface area contributed by atoms with E-state index in [-0.39, 0.29) is 53.1 Å². The molecule has 9 nitrogen and oxygen atoms in total. The third kappa shape index (κ3) is 4.02. The van der Waals surface area contributed by atoms with Gasteiger partial charge in [-0.15, -0.1) is 0 Å². The van der Waals surface area contributed by atoms with Crippen molar-refractivity contribution >= 4 is 28.5 Å². The number of nitrogens with one attached hydrogen (secondary N) is 1. The molecular formula is C21H21F2N5O4S. The highest BCUT2D eigenvalue weighted by Gasteiger charge is 2.61. The predicted molar refractivity (Wildman–Crippen MR) is 117 cm³/mol. The van der Waals surface area contributed by atoms with Crippen molar-refractivity contribution in [3.63, 3.8) is 0 Å². The van der Waals surface area contributed by atoms with E-state index in [9.17, 15) is 9.18 Å². The van der Waals surface area contributed by atoms with Crippen LogP contribution < -0.4 is 15.8 Å². The van der Waals surface area contributed by atoms with Gasteiger partial charge in [-0.25, -0.2) is 23.7 Å². The first-order chi connectivity index (χ1) is 15.9. The number of fused-ring (bicyclic) bond motifs is 1. The molecule has 0 spiro atoms. The molecule has 1 aromatic heterocycles. The Labute approximate surface area is 192 Å². The Morgan fingerprint density at radius 2 is 2.18 bits per heavy atom. The molecule has 3 atom stereocenters. The van der Waals surface area contributed by atoms with Crippen molar-refractivity contribution in [2.75, 3.05) is 37.5 Å². The fraction of sp³-hybridized carbons (Fsp3) is 0.429. The number of nitrogens with zero attached hydrogens (tertiary/aromatic N) is 3. The number of hydrogen-bond donors (Lipinski definition) is 2. The number of alkyl halides is 1. The molecule has 1 unspecified atom stereocenters. The molecule has 2 aromatic rings. The maximum atomic E-state index is 15.7. The summed E-state index contributed by atoms with van der Waals surface area (Å²) in [6, 6.07) is 3.88. The number of aromatic nitrogens is 2. The fourth-order valence-corrected chi connectivity index (χ4v) is 4.83. The van der Waals surface area contributed by atoms with Gasteiger partial charge >= 0.3 is 0 Å². The van der Waals surface area contributed by atoms with Crippen LogP contribution in [0, 0.1) is 5.82 Å². The van der Waals surface area contributed by atoms with Crippen molar-refractivity contribution in [2.45, 2.75) is 23.7 Å². The minimum Gasteiger partial charge on any atom is -0.474 e. The Bertz CT molecular complexity index is 1100. The maximum Gasteiger partial charge on any atom is 0.275 e. The highest BCUT2D eigenvalue weighted by Crippen LogP contribution is 2.50. The number of thioether (sulfide) groups is 1. The molecule has 5 rings (SSSR count). The zero-order chi connectivity index (χ0) is 23.1. The Morgan fingerprint density at radius 3 is 2.91 bits per heavy atom. The second-order valence-corrected chi connectivity index (χ2v) is 9.03. The van der Waals surface area contributed by atoms with Gasteiger partial charge < -0.3 is 25.3 Å². The number of benzene rings is 1. The van der Waals surface area contributed by atoms with Crippen molar-refractivity contribution in [1.29, 1.82) is 0 Å². The lowest BCUT2D eigenvalue weighted by molar-refractivity contribution is -0.0727. The third-order valence-electron chi connectivity index (χ3n) is 5.87. The van der Waals surface area contributed by atoms with Crippen LogP contribution in [0.3, 0.4) is 0 Å². The predicted octanol–water partition coefficient (Wildman–Crippen LogP) is 2.03. The van der Waals surface area contributed by atoms with Gasteiger partial charge in [-0.3, -0.25) is 4.79 Å². The molecule has 2 fully saturated rings. The second-order valence-electron chi connectivity index (χ2n) is 8.04. The summed E-state index contributed by atoms with van der Waals surface area (Å²) in [5.74, 6) is -0.963. The number of halogens is 2. The number of hydrogen-bond acceptors (Lipinski definition) is 9. The molecule has 1 amide bonds. The van der Waals surface area contributed by atoms with Gasteiger partial charge in [0.2, 0.25) is 5.88 Å². The smallest absolute Gasteiger partial charge is 0.275 e. The van der Waals surface area contributed by atoms with Gasteiger partial charge in [-0.2, -0.15) is 0 Å². The van der Waals surface area contributed by atoms with Crippen LogP contribution in [0.2, 0.25) is 0 Å². The molecule has 0 aliphatic carbocycles. The zero-order valence-corrected chi connectivity index (χ0v) is 18.2. The van der Waals surface area contributed by atoms with E-state index in [4.69, 9.17) is 19.9 Å². The van der Waals surface area contributed by atoms with Crippen molar-refractivity contribution in [2.24, 2.45) is 10.7 Å². The molecule has 4 heterocycles. The van der Waals surface area contributed by atoms with Crippen LogP contribution in [0.5, 0.6) is 5.88 Å². The normalized spacial score (nSPS) is 28.4. The maximum absolute atomic E-state index is 15.7. The first-order valence-corrected chi connectivity index (χ1v) is 11.3. The van der Waals surface area contributed by atoms with Crippen molar-refractivity contribution < 1.29 is 27.8 Å². The van der Waals surface area contributed by atoms with Crippen LogP contribution in [0.4, 0.5) is 14.5 Å². The lowest BCUT2D eigenvalue weighted by atomic mass is 9.79. The highest BCUT2D eigenvalue weighted by molar-refractivity contribution is 8.13. The number of amides is 1. The molecule has 33 heavy (non-hydrogen) atoms. The molecule has 3 N–H and O–H groups in total. The van der Waals surface area contributed by atoms with E-state index in [1.807, 2.05) is 0 Å². The van der Waals surface area contributed by atoms with Crippen LogP contribution in [0.25, 0.3) is 0 Å². The Kier molecular flexibility index (Phi) is 5.67. The molecule has 12 heteroatoms. The molecule has 0 bridgehead atoms. The summed E-state index contributed by atoms with van der Waals surface area (Å²) in [4.78, 5) is 25.0. The number of anilines is 1. The van der Waals surface area contributed by atoms with Gasteiger partial charge in [-0.1, -0.05) is 11.8 Å². The Morgan fingerprint density at radius 1 is 1.33 bits per heavy atom. The molecule has 174 valence electrons. The van der Waals surface area contributed by atoms with Crippen LogP contribution in [0.15, 0.2) is 35.6 Å². The summed E-state index contributed by atoms with van der Waals surface area (Å²) in [5, 5.41) is 2.79. The van der Waals surface area contributed by atoms with Gasteiger partial charge in [0, 0.05) is 30.0 Å². The van der Waals surface area contributed by atoms with Crippen LogP contribution in [0.1, 0.15) is 22.5 Å². The van der Waals surface area contributed by atoms with E-state index >= 15 is 4.39 Å².